The van der Waals surface area contributed by atoms with Gasteiger partial charge in [0, 0.05) is 17.8 Å². The van der Waals surface area contributed by atoms with Gasteiger partial charge in [0.1, 0.15) is 29.2 Å². The quantitative estimate of drug-likeness (QED) is 0.224. The molecule has 37 heavy (non-hydrogen) atoms. The normalized spacial score (nSPS) is 12.9. The molecule has 0 aliphatic rings. The van der Waals surface area contributed by atoms with E-state index in [9.17, 15) is 21.6 Å². The van der Waals surface area contributed by atoms with Crippen LogP contribution in [0.3, 0.4) is 0 Å². The van der Waals surface area contributed by atoms with Crippen molar-refractivity contribution < 1.29 is 26.3 Å². The van der Waals surface area contributed by atoms with Crippen LogP contribution in [0.5, 0.6) is 5.75 Å². The number of alkyl halides is 2. The van der Waals surface area contributed by atoms with Crippen LogP contribution in [0.25, 0.3) is 22.2 Å². The van der Waals surface area contributed by atoms with Crippen molar-refractivity contribution in [3.63, 3.8) is 0 Å². The molecule has 3 N–H and O–H groups in total. The number of hydrogen-bond acceptors (Lipinski definition) is 6. The summed E-state index contributed by atoms with van der Waals surface area (Å²) in [6, 6.07) is 9.87. The number of pyridine rings is 1. The topological polar surface area (TPSA) is 112 Å². The monoisotopic (exact) mass is 645 g/mol. The molecule has 1 atom stereocenters. The summed E-state index contributed by atoms with van der Waals surface area (Å²) >= 11 is 2.15. The maximum Gasteiger partial charge on any atom is 0.355 e. The molecule has 0 bridgehead atoms. The van der Waals surface area contributed by atoms with Crippen LogP contribution in [-0.2, 0) is 10.0 Å². The Morgan fingerprint density at radius 2 is 1.78 bits per heavy atom. The first-order valence-corrected chi connectivity index (χ1v) is 13.7. The first kappa shape index (κ1) is 27.0. The Bertz CT molecular complexity index is 1560. The highest BCUT2D eigenvalue weighted by Gasteiger charge is 2.27. The summed E-state index contributed by atoms with van der Waals surface area (Å²) in [4.78, 5) is 4.25. The number of ether oxygens (including phenoxy) is 1. The Kier molecular flexibility index (Phi) is 7.55. The second kappa shape index (κ2) is 10.4. The van der Waals surface area contributed by atoms with E-state index < -0.39 is 27.7 Å². The predicted molar refractivity (Wildman–Crippen MR) is 144 cm³/mol. The van der Waals surface area contributed by atoms with E-state index in [2.05, 4.69) is 27.6 Å². The van der Waals surface area contributed by atoms with Gasteiger partial charge < -0.3 is 10.5 Å². The number of nitrogen functional groups attached to an aromatic ring is 1. The van der Waals surface area contributed by atoms with E-state index in [1.54, 1.807) is 17.8 Å². The van der Waals surface area contributed by atoms with Crippen molar-refractivity contribution in [1.29, 1.82) is 0 Å². The van der Waals surface area contributed by atoms with Crippen molar-refractivity contribution in [2.24, 2.45) is 0 Å². The SMILES string of the molecule is CC(C)n1nc(-c2ccc(NS(=O)(=O)C(F)F)c(O[C@@H](C)c3ccc(F)cc3)c2)c2c(N)ncc(I)c21. The van der Waals surface area contributed by atoms with Crippen LogP contribution >= 0.6 is 22.6 Å². The van der Waals surface area contributed by atoms with Crippen molar-refractivity contribution >= 4 is 55.0 Å². The molecule has 2 heterocycles. The minimum absolute atomic E-state index is 0.0158. The van der Waals surface area contributed by atoms with Crippen LogP contribution < -0.4 is 15.2 Å². The molecule has 0 saturated carbocycles. The lowest BCUT2D eigenvalue weighted by Crippen LogP contribution is -2.21. The molecule has 2 aromatic heterocycles. The average Bonchev–Trinajstić information content (AvgIpc) is 3.25. The molecule has 0 spiro atoms. The zero-order chi connectivity index (χ0) is 27.1. The molecule has 4 rings (SSSR count). The van der Waals surface area contributed by atoms with Crippen LogP contribution in [0, 0.1) is 9.39 Å². The predicted octanol–water partition coefficient (Wildman–Crippen LogP) is 6.11. The summed E-state index contributed by atoms with van der Waals surface area (Å²) in [7, 11) is -4.98. The van der Waals surface area contributed by atoms with Crippen LogP contribution in [0.4, 0.5) is 24.7 Å². The summed E-state index contributed by atoms with van der Waals surface area (Å²) < 4.78 is 74.0. The number of hydrogen-bond donors (Lipinski definition) is 2. The molecule has 13 heteroatoms. The van der Waals surface area contributed by atoms with Gasteiger partial charge in [-0.1, -0.05) is 18.2 Å². The van der Waals surface area contributed by atoms with Gasteiger partial charge >= 0.3 is 5.76 Å². The molecular formula is C24H23F3IN5O3S. The zero-order valence-corrected chi connectivity index (χ0v) is 22.9. The molecule has 0 aliphatic carbocycles. The highest BCUT2D eigenvalue weighted by atomic mass is 127. The fraction of sp³-hybridized carbons (Fsp3) is 0.250. The molecule has 0 unspecified atom stereocenters. The van der Waals surface area contributed by atoms with Crippen molar-refractivity contribution in [2.75, 3.05) is 10.5 Å². The van der Waals surface area contributed by atoms with E-state index in [1.807, 2.05) is 18.6 Å². The minimum Gasteiger partial charge on any atom is -0.484 e. The molecule has 0 amide bonds. The van der Waals surface area contributed by atoms with Crippen molar-refractivity contribution in [2.45, 2.75) is 38.7 Å². The summed E-state index contributed by atoms with van der Waals surface area (Å²) in [6.45, 7) is 5.59. The minimum atomic E-state index is -4.98. The standard InChI is InChI=1S/C24H23F3IN5O3S/c1-12(2)33-22-17(28)11-30-23(29)20(22)21(31-33)15-6-9-18(32-37(34,35)24(26)27)19(10-15)36-13(3)14-4-7-16(25)8-5-14/h4-13,24,32H,1-3H3,(H2,29,30)/t13-/m0/s1. The van der Waals surface area contributed by atoms with E-state index in [0.717, 1.165) is 9.09 Å². The largest absolute Gasteiger partial charge is 0.484 e. The van der Waals surface area contributed by atoms with Gasteiger partial charge in [-0.3, -0.25) is 9.40 Å². The van der Waals surface area contributed by atoms with Crippen LogP contribution in [0.2, 0.25) is 0 Å². The van der Waals surface area contributed by atoms with Gasteiger partial charge in [0.2, 0.25) is 0 Å². The maximum absolute atomic E-state index is 13.4. The number of sulfonamides is 1. The fourth-order valence-electron chi connectivity index (χ4n) is 3.78. The van der Waals surface area contributed by atoms with Gasteiger partial charge in [-0.25, -0.2) is 17.8 Å². The summed E-state index contributed by atoms with van der Waals surface area (Å²) in [6.07, 6.45) is 0.965. The Labute approximate surface area is 225 Å². The van der Waals surface area contributed by atoms with E-state index >= 15 is 0 Å². The number of nitrogens with two attached hydrogens (primary N) is 1. The van der Waals surface area contributed by atoms with Crippen molar-refractivity contribution in [3.05, 3.63) is 63.6 Å². The average molecular weight is 645 g/mol. The Hall–Kier alpha value is -3.07. The van der Waals surface area contributed by atoms with Crippen molar-refractivity contribution in [1.82, 2.24) is 14.8 Å². The number of anilines is 2. The Balaban J connectivity index is 1.87. The lowest BCUT2D eigenvalue weighted by molar-refractivity contribution is 0.228. The van der Waals surface area contributed by atoms with E-state index in [0.29, 0.717) is 22.2 Å². The Morgan fingerprint density at radius 1 is 1.11 bits per heavy atom. The van der Waals surface area contributed by atoms with Crippen LogP contribution in [-0.4, -0.2) is 28.9 Å². The molecule has 0 aliphatic heterocycles. The number of nitrogens with zero attached hydrogens (tertiary/aromatic N) is 3. The third-order valence-electron chi connectivity index (χ3n) is 5.58. The molecule has 0 fully saturated rings. The van der Waals surface area contributed by atoms with Gasteiger partial charge in [0.25, 0.3) is 10.0 Å². The van der Waals surface area contributed by atoms with Gasteiger partial charge in [0.05, 0.1) is 20.2 Å². The summed E-state index contributed by atoms with van der Waals surface area (Å²) in [5, 5.41) is 5.33. The van der Waals surface area contributed by atoms with Crippen LogP contribution in [0.15, 0.2) is 48.7 Å². The van der Waals surface area contributed by atoms with Crippen LogP contribution in [0.1, 0.15) is 38.5 Å². The third kappa shape index (κ3) is 5.46. The van der Waals surface area contributed by atoms with E-state index in [4.69, 9.17) is 15.6 Å². The molecular weight excluding hydrogens is 622 g/mol. The molecule has 0 radical (unpaired) electrons. The smallest absolute Gasteiger partial charge is 0.355 e. The number of rotatable bonds is 8. The summed E-state index contributed by atoms with van der Waals surface area (Å²) in [5.74, 6) is -3.85. The molecule has 2 aromatic carbocycles. The van der Waals surface area contributed by atoms with Crippen molar-refractivity contribution in [3.8, 4) is 17.0 Å². The van der Waals surface area contributed by atoms with Gasteiger partial charge in [-0.05, 0) is 73.2 Å². The van der Waals surface area contributed by atoms with Gasteiger partial charge in [0.15, 0.2) is 0 Å². The summed E-state index contributed by atoms with van der Waals surface area (Å²) in [5.41, 5.74) is 8.38. The third-order valence-corrected chi connectivity index (χ3v) is 7.35. The highest BCUT2D eigenvalue weighted by Crippen LogP contribution is 2.39. The first-order valence-electron chi connectivity index (χ1n) is 11.1. The van der Waals surface area contributed by atoms with E-state index in [-0.39, 0.29) is 23.3 Å². The number of halogens is 4. The number of benzene rings is 2. The lowest BCUT2D eigenvalue weighted by atomic mass is 10.1. The van der Waals surface area contributed by atoms with Gasteiger partial charge in [-0.15, -0.1) is 0 Å². The first-order chi connectivity index (χ1) is 17.4. The number of nitrogens with one attached hydrogen (secondary N) is 1. The zero-order valence-electron chi connectivity index (χ0n) is 19.9. The number of fused-ring (bicyclic) bond motifs is 1. The fourth-order valence-corrected chi connectivity index (χ4v) is 5.00. The highest BCUT2D eigenvalue weighted by molar-refractivity contribution is 14.1. The molecule has 8 nitrogen and oxygen atoms in total. The lowest BCUT2D eigenvalue weighted by Gasteiger charge is -2.19. The maximum atomic E-state index is 13.4. The van der Waals surface area contributed by atoms with E-state index in [1.165, 1.54) is 42.5 Å². The number of aromatic nitrogens is 3. The van der Waals surface area contributed by atoms with Gasteiger partial charge in [-0.2, -0.15) is 13.9 Å². The molecule has 196 valence electrons. The molecule has 4 aromatic rings. The molecule has 0 saturated heterocycles. The Morgan fingerprint density at radius 3 is 2.41 bits per heavy atom. The second-order valence-electron chi connectivity index (χ2n) is 8.53. The second-order valence-corrected chi connectivity index (χ2v) is 11.3.